The number of hydrazine groups is 4. The molecule has 6 aliphatic rings. The summed E-state index contributed by atoms with van der Waals surface area (Å²) in [6.45, 7) is 8.70. The van der Waals surface area contributed by atoms with Crippen LogP contribution >= 0.6 is 0 Å². The van der Waals surface area contributed by atoms with Gasteiger partial charge in [-0.25, -0.2) is 24.8 Å². The minimum atomic E-state index is -2.22. The Morgan fingerprint density at radius 2 is 0.880 bits per heavy atom. The summed E-state index contributed by atoms with van der Waals surface area (Å²) >= 11 is 0. The standard InChI is InChI=1S/C23H35N3O7Si.C22H19BN2O4.C18H15NO3.C15H16N2O3.C14H14N2O4/c1-5-32-34(4,33-6-2)15-7-12-24-23(30)31-14-13-26-22(29)20(21(28)25(26)3)16-18-8-10-19(17-27)11-9-18;26-21-20(15-16-11-13-17(14-12-16)23(28)29)22(27)25(19-9-5-2-6-10-19)24(21)18-7-3-1-4-8-18;1-19-16-9-5-4-8-14(16)17(21)15(18(19)22)10-12-6-2-3-7-13(12)11-20;18-10-12-5-3-11(4-6-12)9-13-14(19)16-7-1-2-8-17(16)15(13)20;1-15-13(19)12(14(20)16(15)6-7-17)8-10-2-4-11(9-18)5-3-10/h8-11,17,20H,5-7,12-16H2,1-4H3,(H,24,30);1-14,20,28-29H,15H2;2-9,11,15H,10H2,1H3;3-6,10,13H,1-2,7-9H2;2-5,7,9,12H,6,8H2,1H3. The lowest BCUT2D eigenvalue weighted by Gasteiger charge is -2.31. The fourth-order valence-corrected chi connectivity index (χ4v) is 17.6. The third kappa shape index (κ3) is 23.2. The van der Waals surface area contributed by atoms with Gasteiger partial charge in [-0.3, -0.25) is 87.2 Å². The molecule has 0 aliphatic carbocycles. The van der Waals surface area contributed by atoms with Gasteiger partial charge in [0, 0.05) is 81.8 Å². The van der Waals surface area contributed by atoms with Gasteiger partial charge >= 0.3 is 21.8 Å². The number of Topliss-reactive ketones (excluding diaryl/α,β-unsaturated/α-hetero) is 1. The maximum Gasteiger partial charge on any atom is 0.488 e. The molecule has 0 spiro atoms. The summed E-state index contributed by atoms with van der Waals surface area (Å²) in [5.74, 6) is -6.41. The van der Waals surface area contributed by atoms with Crippen LogP contribution in [0.4, 0.5) is 21.9 Å². The molecule has 33 heteroatoms. The van der Waals surface area contributed by atoms with E-state index in [1.54, 1.807) is 187 Å². The van der Waals surface area contributed by atoms with Gasteiger partial charge in [-0.2, -0.15) is 0 Å². The second-order valence-corrected chi connectivity index (χ2v) is 33.5. The fraction of sp³-hybridized carbons (Fsp3) is 0.304. The normalized spacial score (nSPS) is 16.9. The van der Waals surface area contributed by atoms with Crippen LogP contribution in [0.25, 0.3) is 0 Å². The van der Waals surface area contributed by atoms with Crippen molar-refractivity contribution in [3.8, 4) is 0 Å². The minimum absolute atomic E-state index is 0.0414. The number of rotatable bonds is 30. The first-order valence-electron chi connectivity index (χ1n) is 40.9. The lowest BCUT2D eigenvalue weighted by atomic mass is 9.80. The third-order valence-electron chi connectivity index (χ3n) is 21.9. The van der Waals surface area contributed by atoms with Crippen LogP contribution in [-0.4, -0.2) is 226 Å². The average molecular weight is 1720 g/mol. The predicted molar refractivity (Wildman–Crippen MR) is 463 cm³/mol. The number of carbonyl (C=O) groups excluding carboxylic acids is 16. The Bertz CT molecular complexity index is 5120. The number of hydrogen-bond acceptors (Lipinski definition) is 21. The van der Waals surface area contributed by atoms with Gasteiger partial charge in [-0.05, 0) is 147 Å². The van der Waals surface area contributed by atoms with Crippen LogP contribution in [0.3, 0.4) is 0 Å². The van der Waals surface area contributed by atoms with E-state index in [1.165, 1.54) is 44.0 Å². The first-order chi connectivity index (χ1) is 60.2. The van der Waals surface area contributed by atoms with Gasteiger partial charge in [0.15, 0.2) is 5.78 Å². The van der Waals surface area contributed by atoms with Gasteiger partial charge in [-0.15, -0.1) is 0 Å². The number of amides is 10. The molecule has 8 aromatic carbocycles. The van der Waals surface area contributed by atoms with Gasteiger partial charge in [0.25, 0.3) is 47.3 Å². The summed E-state index contributed by atoms with van der Waals surface area (Å²) in [4.78, 5) is 193. The molecule has 10 amide bonds. The quantitative estimate of drug-likeness (QED) is 0.0172. The summed E-state index contributed by atoms with van der Waals surface area (Å²) in [6.07, 6.45) is 7.00. The van der Waals surface area contributed by atoms with E-state index in [0.717, 1.165) is 76.9 Å². The number of aldehydes is 5. The highest BCUT2D eigenvalue weighted by molar-refractivity contribution is 6.66. The van der Waals surface area contributed by atoms with E-state index >= 15 is 0 Å². The third-order valence-corrected chi connectivity index (χ3v) is 25.0. The van der Waals surface area contributed by atoms with Crippen molar-refractivity contribution in [2.75, 3.05) is 88.6 Å². The van der Waals surface area contributed by atoms with Crippen molar-refractivity contribution in [3.05, 3.63) is 262 Å². The largest absolute Gasteiger partial charge is 0.488 e. The van der Waals surface area contributed by atoms with Crippen molar-refractivity contribution >= 4 is 135 Å². The number of nitrogens with one attached hydrogen (secondary N) is 1. The number of ether oxygens (including phenoxy) is 1. The summed E-state index contributed by atoms with van der Waals surface area (Å²) < 4.78 is 16.7. The van der Waals surface area contributed by atoms with E-state index in [9.17, 15) is 86.8 Å². The van der Waals surface area contributed by atoms with Crippen LogP contribution in [0.1, 0.15) is 113 Å². The van der Waals surface area contributed by atoms with Crippen LogP contribution in [-0.2, 0) is 93.6 Å². The molecule has 650 valence electrons. The molecule has 6 aliphatic heterocycles. The van der Waals surface area contributed by atoms with Crippen LogP contribution in [0.2, 0.25) is 12.6 Å². The molecule has 0 aromatic heterocycles. The number of benzene rings is 8. The Morgan fingerprint density at radius 3 is 1.33 bits per heavy atom. The van der Waals surface area contributed by atoms with Gasteiger partial charge in [0.2, 0.25) is 5.91 Å². The van der Waals surface area contributed by atoms with E-state index in [4.69, 9.17) is 13.6 Å². The molecule has 0 bridgehead atoms. The Kier molecular flexibility index (Phi) is 33.3. The zero-order chi connectivity index (χ0) is 90.0. The molecule has 6 heterocycles. The van der Waals surface area contributed by atoms with Crippen LogP contribution in [0.5, 0.6) is 0 Å². The molecule has 3 unspecified atom stereocenters. The number of nitrogens with zero attached hydrogens (tertiary/aromatic N) is 9. The van der Waals surface area contributed by atoms with Crippen molar-refractivity contribution in [1.29, 1.82) is 0 Å². The number of fused-ring (bicyclic) bond motifs is 2. The molecular formula is C92H99BN10O21Si. The molecule has 125 heavy (non-hydrogen) atoms. The number of anilines is 3. The zero-order valence-corrected chi connectivity index (χ0v) is 71.2. The smallest absolute Gasteiger partial charge is 0.448 e. The van der Waals surface area contributed by atoms with E-state index in [-0.39, 0.29) is 104 Å². The van der Waals surface area contributed by atoms with Crippen molar-refractivity contribution in [2.45, 2.75) is 77.8 Å². The topological polar surface area (TPSA) is 382 Å². The van der Waals surface area contributed by atoms with Crippen LogP contribution < -0.4 is 25.7 Å². The van der Waals surface area contributed by atoms with Gasteiger partial charge < -0.3 is 38.6 Å². The lowest BCUT2D eigenvalue weighted by Crippen LogP contribution is -2.45. The first-order valence-corrected chi connectivity index (χ1v) is 43.5. The van der Waals surface area contributed by atoms with Crippen molar-refractivity contribution in [1.82, 2.24) is 35.4 Å². The van der Waals surface area contributed by atoms with E-state index in [1.807, 2.05) is 56.8 Å². The number of alkyl carbamates (subject to hydrolysis) is 1. The fourth-order valence-electron chi connectivity index (χ4n) is 15.2. The average Bonchev–Trinajstić information content (AvgIpc) is 1.70. The molecule has 5 fully saturated rings. The van der Waals surface area contributed by atoms with Gasteiger partial charge in [-0.1, -0.05) is 170 Å². The molecule has 0 saturated carbocycles. The highest BCUT2D eigenvalue weighted by atomic mass is 28.4. The monoisotopic (exact) mass is 1720 g/mol. The predicted octanol–water partition coefficient (Wildman–Crippen LogP) is 7.28. The summed E-state index contributed by atoms with van der Waals surface area (Å²) in [5.41, 5.74) is 8.95. The van der Waals surface area contributed by atoms with E-state index < -0.39 is 51.4 Å². The van der Waals surface area contributed by atoms with E-state index in [0.29, 0.717) is 102 Å². The van der Waals surface area contributed by atoms with E-state index in [2.05, 4.69) is 5.32 Å². The molecule has 3 N–H and O–H groups in total. The second-order valence-electron chi connectivity index (χ2n) is 30.1. The molecule has 5 saturated heterocycles. The Hall–Kier alpha value is -13.6. The SMILES string of the molecule is CCO[Si](C)(CCCNC(=O)OCCN1C(=O)C(Cc2ccc(C=O)cc2)C(=O)N1C)OCC.CN1C(=O)C(Cc2ccc(C=O)cc2)C(=O)N1CC=O.CN1C(=O)C(Cc2ccccc2C=O)C(=O)c2ccccc21.O=C1C(Cc2ccc(B(O)O)cc2)C(=O)N(c2ccccc2)N1c1ccccc1.O=Cc1ccc(CC2C(=O)N3CCCCN3C2=O)cc1. The number of para-hydroxylation sites is 3. The maximum absolute atomic E-state index is 13.3. The van der Waals surface area contributed by atoms with Crippen molar-refractivity contribution < 1.29 is 100 Å². The van der Waals surface area contributed by atoms with Crippen LogP contribution in [0, 0.1) is 29.6 Å². The molecule has 0 radical (unpaired) electrons. The van der Waals surface area contributed by atoms with Crippen molar-refractivity contribution in [2.24, 2.45) is 29.6 Å². The Balaban J connectivity index is 0.000000166. The number of ketones is 1. The van der Waals surface area contributed by atoms with Gasteiger partial charge in [0.05, 0.1) is 30.2 Å². The highest BCUT2D eigenvalue weighted by Crippen LogP contribution is 2.36. The lowest BCUT2D eigenvalue weighted by molar-refractivity contribution is -0.150. The number of carbonyl (C=O) groups is 16. The molecule has 3 atom stereocenters. The maximum atomic E-state index is 13.3. The number of hydrogen-bond donors (Lipinski definition) is 3. The van der Waals surface area contributed by atoms with Crippen molar-refractivity contribution in [3.63, 3.8) is 0 Å². The Labute approximate surface area is 724 Å². The molecule has 31 nitrogen and oxygen atoms in total. The zero-order valence-electron chi connectivity index (χ0n) is 70.2. The summed E-state index contributed by atoms with van der Waals surface area (Å²) in [7, 11) is 0.895. The van der Waals surface area contributed by atoms with Gasteiger partial charge in [0.1, 0.15) is 67.6 Å². The summed E-state index contributed by atoms with van der Waals surface area (Å²) in [5, 5.41) is 32.1. The molecule has 14 rings (SSSR count). The molecule has 8 aromatic rings. The minimum Gasteiger partial charge on any atom is -0.448 e. The van der Waals surface area contributed by atoms with Crippen LogP contribution in [0.15, 0.2) is 206 Å². The summed E-state index contributed by atoms with van der Waals surface area (Å²) in [6, 6.07) is 60.1. The highest BCUT2D eigenvalue weighted by Gasteiger charge is 2.49. The first kappa shape index (κ1) is 93.7. The Morgan fingerprint density at radius 1 is 0.464 bits per heavy atom. The second kappa shape index (κ2) is 44.5. The molecular weight excluding hydrogens is 1620 g/mol.